The molecular formula is C23H24BrN5O3. The summed E-state index contributed by atoms with van der Waals surface area (Å²) >= 11 is 3.48. The molecule has 1 aliphatic heterocycles. The van der Waals surface area contributed by atoms with E-state index in [0.717, 1.165) is 21.3 Å². The van der Waals surface area contributed by atoms with Crippen LogP contribution in [0, 0.1) is 18.8 Å². The Kier molecular flexibility index (Phi) is 6.36. The Morgan fingerprint density at radius 1 is 1.31 bits per heavy atom. The van der Waals surface area contributed by atoms with Gasteiger partial charge in [0.2, 0.25) is 23.5 Å². The molecule has 166 valence electrons. The maximum atomic E-state index is 13.1. The molecule has 1 aromatic carbocycles. The average molecular weight is 498 g/mol. The Hall–Kier alpha value is -3.07. The van der Waals surface area contributed by atoms with E-state index in [1.807, 2.05) is 45.0 Å². The third-order valence-electron chi connectivity index (χ3n) is 5.54. The maximum absolute atomic E-state index is 13.1. The SMILES string of the molecule is Cc1cc(N2CC(C(=O)NC(c3nc(-c4cccnc4)no3)C(C)C)CC2=O)ccc1Br. The number of carbonyl (C=O) groups is 2. The molecule has 0 aliphatic carbocycles. The van der Waals surface area contributed by atoms with E-state index in [2.05, 4.69) is 36.4 Å². The van der Waals surface area contributed by atoms with Crippen molar-refractivity contribution in [2.75, 3.05) is 11.4 Å². The van der Waals surface area contributed by atoms with Gasteiger partial charge in [0, 0.05) is 41.1 Å². The van der Waals surface area contributed by atoms with Crippen LogP contribution in [0.25, 0.3) is 11.4 Å². The van der Waals surface area contributed by atoms with Crippen LogP contribution in [-0.4, -0.2) is 33.5 Å². The molecule has 1 fully saturated rings. The first-order chi connectivity index (χ1) is 15.3. The fourth-order valence-corrected chi connectivity index (χ4v) is 3.93. The molecule has 2 atom stereocenters. The number of rotatable bonds is 6. The van der Waals surface area contributed by atoms with Crippen molar-refractivity contribution in [3.05, 3.63) is 58.7 Å². The number of hydrogen-bond donors (Lipinski definition) is 1. The van der Waals surface area contributed by atoms with Crippen molar-refractivity contribution in [3.8, 4) is 11.4 Å². The number of halogens is 1. The second kappa shape index (κ2) is 9.20. The summed E-state index contributed by atoms with van der Waals surface area (Å²) in [6.45, 7) is 6.24. The minimum Gasteiger partial charge on any atom is -0.344 e. The number of nitrogens with zero attached hydrogens (tertiary/aromatic N) is 4. The van der Waals surface area contributed by atoms with Crippen LogP contribution in [-0.2, 0) is 9.59 Å². The van der Waals surface area contributed by atoms with Crippen molar-refractivity contribution in [2.24, 2.45) is 11.8 Å². The molecule has 9 heteroatoms. The fraction of sp³-hybridized carbons (Fsp3) is 0.348. The lowest BCUT2D eigenvalue weighted by molar-refractivity contribution is -0.127. The van der Waals surface area contributed by atoms with Crippen molar-refractivity contribution in [1.29, 1.82) is 0 Å². The van der Waals surface area contributed by atoms with Crippen molar-refractivity contribution in [1.82, 2.24) is 20.4 Å². The Balaban J connectivity index is 1.47. The molecule has 0 spiro atoms. The van der Waals surface area contributed by atoms with Gasteiger partial charge >= 0.3 is 0 Å². The zero-order valence-electron chi connectivity index (χ0n) is 18.1. The first-order valence-corrected chi connectivity index (χ1v) is 11.2. The first kappa shape index (κ1) is 22.1. The highest BCUT2D eigenvalue weighted by Crippen LogP contribution is 2.30. The molecule has 0 saturated carbocycles. The largest absolute Gasteiger partial charge is 0.344 e. The van der Waals surface area contributed by atoms with Gasteiger partial charge in [0.25, 0.3) is 0 Å². The Morgan fingerprint density at radius 2 is 2.12 bits per heavy atom. The summed E-state index contributed by atoms with van der Waals surface area (Å²) in [6, 6.07) is 8.91. The number of amides is 2. The van der Waals surface area contributed by atoms with Crippen LogP contribution in [0.4, 0.5) is 5.69 Å². The highest BCUT2D eigenvalue weighted by Gasteiger charge is 2.37. The van der Waals surface area contributed by atoms with Gasteiger partial charge < -0.3 is 14.7 Å². The molecule has 3 aromatic rings. The summed E-state index contributed by atoms with van der Waals surface area (Å²) < 4.78 is 6.44. The van der Waals surface area contributed by atoms with Gasteiger partial charge in [-0.2, -0.15) is 4.98 Å². The molecule has 2 aromatic heterocycles. The van der Waals surface area contributed by atoms with E-state index in [1.165, 1.54) is 0 Å². The molecule has 8 nitrogen and oxygen atoms in total. The van der Waals surface area contributed by atoms with Crippen LogP contribution in [0.5, 0.6) is 0 Å². The minimum absolute atomic E-state index is 0.0171. The van der Waals surface area contributed by atoms with Gasteiger partial charge in [0.05, 0.1) is 5.92 Å². The highest BCUT2D eigenvalue weighted by molar-refractivity contribution is 9.10. The van der Waals surface area contributed by atoms with Gasteiger partial charge in [-0.3, -0.25) is 14.6 Å². The fourth-order valence-electron chi connectivity index (χ4n) is 3.69. The van der Waals surface area contributed by atoms with Crippen LogP contribution >= 0.6 is 15.9 Å². The number of carbonyl (C=O) groups excluding carboxylic acids is 2. The zero-order valence-corrected chi connectivity index (χ0v) is 19.7. The molecule has 32 heavy (non-hydrogen) atoms. The standard InChI is InChI=1S/C23H24BrN5O3/c1-13(2)20(23-27-21(28-32-23)15-5-4-8-25-11-15)26-22(31)16-10-19(30)29(12-16)17-6-7-18(24)14(3)9-17/h4-9,11,13,16,20H,10,12H2,1-3H3,(H,26,31). The summed E-state index contributed by atoms with van der Waals surface area (Å²) in [5.74, 6) is 0.0498. The molecule has 1 saturated heterocycles. The van der Waals surface area contributed by atoms with E-state index in [4.69, 9.17) is 4.52 Å². The summed E-state index contributed by atoms with van der Waals surface area (Å²) in [5.41, 5.74) is 2.56. The number of benzene rings is 1. The molecule has 1 aliphatic rings. The summed E-state index contributed by atoms with van der Waals surface area (Å²) in [4.78, 5) is 35.9. The monoisotopic (exact) mass is 497 g/mol. The second-order valence-corrected chi connectivity index (χ2v) is 9.12. The van der Waals surface area contributed by atoms with Gasteiger partial charge in [-0.05, 0) is 48.7 Å². The highest BCUT2D eigenvalue weighted by atomic mass is 79.9. The van der Waals surface area contributed by atoms with E-state index in [-0.39, 0.29) is 24.2 Å². The zero-order chi connectivity index (χ0) is 22.8. The number of aryl methyl sites for hydroxylation is 1. The lowest BCUT2D eigenvalue weighted by Gasteiger charge is -2.21. The van der Waals surface area contributed by atoms with Crippen LogP contribution in [0.1, 0.15) is 37.8 Å². The normalized spacial score (nSPS) is 17.1. The lowest BCUT2D eigenvalue weighted by atomic mass is 10.0. The number of anilines is 1. The van der Waals surface area contributed by atoms with E-state index in [1.54, 1.807) is 23.4 Å². The third kappa shape index (κ3) is 4.57. The minimum atomic E-state index is -0.459. The summed E-state index contributed by atoms with van der Waals surface area (Å²) in [5, 5.41) is 7.05. The lowest BCUT2D eigenvalue weighted by Crippen LogP contribution is -2.37. The molecule has 0 bridgehead atoms. The smallest absolute Gasteiger partial charge is 0.249 e. The molecule has 3 heterocycles. The van der Waals surface area contributed by atoms with Crippen LogP contribution in [0.3, 0.4) is 0 Å². The molecule has 0 radical (unpaired) electrons. The summed E-state index contributed by atoms with van der Waals surface area (Å²) in [7, 11) is 0. The quantitative estimate of drug-likeness (QED) is 0.550. The summed E-state index contributed by atoms with van der Waals surface area (Å²) in [6.07, 6.45) is 3.49. The topological polar surface area (TPSA) is 101 Å². The average Bonchev–Trinajstić information content (AvgIpc) is 3.41. The predicted octanol–water partition coefficient (Wildman–Crippen LogP) is 4.07. The van der Waals surface area contributed by atoms with Crippen molar-refractivity contribution >= 4 is 33.4 Å². The number of hydrogen-bond acceptors (Lipinski definition) is 6. The van der Waals surface area contributed by atoms with Gasteiger partial charge in [-0.25, -0.2) is 0 Å². The van der Waals surface area contributed by atoms with Gasteiger partial charge in [0.15, 0.2) is 0 Å². The molecule has 2 unspecified atom stereocenters. The van der Waals surface area contributed by atoms with Crippen LogP contribution in [0.15, 0.2) is 51.7 Å². The molecule has 4 rings (SSSR count). The second-order valence-electron chi connectivity index (χ2n) is 8.27. The third-order valence-corrected chi connectivity index (χ3v) is 6.43. The van der Waals surface area contributed by atoms with Crippen molar-refractivity contribution in [2.45, 2.75) is 33.2 Å². The van der Waals surface area contributed by atoms with Gasteiger partial charge in [-0.1, -0.05) is 34.9 Å². The van der Waals surface area contributed by atoms with E-state index in [9.17, 15) is 9.59 Å². The Morgan fingerprint density at radius 3 is 2.81 bits per heavy atom. The van der Waals surface area contributed by atoms with Crippen LogP contribution in [0.2, 0.25) is 0 Å². The number of aromatic nitrogens is 3. The Bertz CT molecular complexity index is 1130. The van der Waals surface area contributed by atoms with Crippen molar-refractivity contribution in [3.63, 3.8) is 0 Å². The predicted molar refractivity (Wildman–Crippen MR) is 123 cm³/mol. The maximum Gasteiger partial charge on any atom is 0.249 e. The molecular weight excluding hydrogens is 474 g/mol. The van der Waals surface area contributed by atoms with E-state index >= 15 is 0 Å². The first-order valence-electron chi connectivity index (χ1n) is 10.4. The molecule has 1 N–H and O–H groups in total. The Labute approximate surface area is 194 Å². The van der Waals surface area contributed by atoms with Crippen LogP contribution < -0.4 is 10.2 Å². The van der Waals surface area contributed by atoms with Gasteiger partial charge in [-0.15, -0.1) is 0 Å². The van der Waals surface area contributed by atoms with E-state index in [0.29, 0.717) is 18.3 Å². The molecule has 2 amide bonds. The number of pyridine rings is 1. The number of nitrogens with one attached hydrogen (secondary N) is 1. The van der Waals surface area contributed by atoms with E-state index < -0.39 is 12.0 Å². The van der Waals surface area contributed by atoms with Crippen molar-refractivity contribution < 1.29 is 14.1 Å². The van der Waals surface area contributed by atoms with Gasteiger partial charge in [0.1, 0.15) is 6.04 Å².